The van der Waals surface area contributed by atoms with Crippen molar-refractivity contribution in [2.75, 3.05) is 6.61 Å². The Morgan fingerprint density at radius 2 is 1.93 bits per heavy atom. The minimum atomic E-state index is -0.919. The van der Waals surface area contributed by atoms with Gasteiger partial charge in [-0.3, -0.25) is 0 Å². The van der Waals surface area contributed by atoms with Gasteiger partial charge in [0.1, 0.15) is 12.7 Å². The third-order valence-electron chi connectivity index (χ3n) is 1.52. The van der Waals surface area contributed by atoms with Gasteiger partial charge in [-0.1, -0.05) is 13.3 Å². The smallest absolute Gasteiger partial charge is 0.404 e. The molecule has 0 bridgehead atoms. The third-order valence-corrected chi connectivity index (χ3v) is 1.72. The Hall–Kier alpha value is -0.480. The lowest BCUT2D eigenvalue weighted by molar-refractivity contribution is 0.0592. The molecule has 14 heavy (non-hydrogen) atoms. The second-order valence-electron chi connectivity index (χ2n) is 2.67. The highest BCUT2D eigenvalue weighted by atomic mass is 35.5. The van der Waals surface area contributed by atoms with Crippen molar-refractivity contribution < 1.29 is 19.1 Å². The Bertz CT molecular complexity index is 196. The minimum Gasteiger partial charge on any atom is -0.450 e. The Balaban J connectivity index is 3.83. The molecule has 4 nitrogen and oxygen atoms in total. The Kier molecular flexibility index (Phi) is 7.61. The Labute approximate surface area is 92.5 Å². The first-order valence-corrected chi connectivity index (χ1v) is 5.00. The van der Waals surface area contributed by atoms with E-state index in [4.69, 9.17) is 27.9 Å². The van der Waals surface area contributed by atoms with E-state index < -0.39 is 17.0 Å². The van der Waals surface area contributed by atoms with Crippen LogP contribution in [0.5, 0.6) is 0 Å². The SMILES string of the molecule is CCCCC(COC(=O)Cl)OC(=O)Cl. The van der Waals surface area contributed by atoms with Crippen LogP contribution in [0.3, 0.4) is 0 Å². The monoisotopic (exact) mass is 242 g/mol. The summed E-state index contributed by atoms with van der Waals surface area (Å²) in [5.41, 5.74) is -1.83. The van der Waals surface area contributed by atoms with Gasteiger partial charge in [0.15, 0.2) is 0 Å². The van der Waals surface area contributed by atoms with Crippen molar-refractivity contribution >= 4 is 34.1 Å². The summed E-state index contributed by atoms with van der Waals surface area (Å²) in [6.45, 7) is 1.94. The second-order valence-corrected chi connectivity index (χ2v) is 3.29. The molecule has 0 radical (unpaired) electrons. The molecule has 0 saturated carbocycles. The van der Waals surface area contributed by atoms with Gasteiger partial charge in [-0.15, -0.1) is 0 Å². The first kappa shape index (κ1) is 13.5. The lowest BCUT2D eigenvalue weighted by Gasteiger charge is -2.14. The van der Waals surface area contributed by atoms with Crippen LogP contribution >= 0.6 is 23.2 Å². The molecule has 0 aliphatic heterocycles. The van der Waals surface area contributed by atoms with Crippen molar-refractivity contribution in [3.63, 3.8) is 0 Å². The average Bonchev–Trinajstić information content (AvgIpc) is 2.09. The van der Waals surface area contributed by atoms with Crippen LogP contribution in [0.4, 0.5) is 9.59 Å². The van der Waals surface area contributed by atoms with E-state index in [2.05, 4.69) is 4.74 Å². The van der Waals surface area contributed by atoms with Crippen LogP contribution in [0.25, 0.3) is 0 Å². The van der Waals surface area contributed by atoms with Crippen LogP contribution in [0, 0.1) is 0 Å². The van der Waals surface area contributed by atoms with Crippen molar-refractivity contribution in [1.29, 1.82) is 0 Å². The normalized spacial score (nSPS) is 11.9. The molecule has 0 aliphatic carbocycles. The molecule has 0 aliphatic rings. The molecule has 0 rings (SSSR count). The van der Waals surface area contributed by atoms with Crippen molar-refractivity contribution in [3.05, 3.63) is 0 Å². The first-order chi connectivity index (χ1) is 6.56. The number of carbonyl (C=O) groups is 2. The molecule has 0 aromatic carbocycles. The highest BCUT2D eigenvalue weighted by molar-refractivity contribution is 6.61. The van der Waals surface area contributed by atoms with E-state index in [0.29, 0.717) is 6.42 Å². The molecule has 82 valence electrons. The van der Waals surface area contributed by atoms with Gasteiger partial charge >= 0.3 is 10.9 Å². The van der Waals surface area contributed by atoms with E-state index in [1.54, 1.807) is 0 Å². The van der Waals surface area contributed by atoms with Gasteiger partial charge in [-0.05, 0) is 12.8 Å². The van der Waals surface area contributed by atoms with E-state index >= 15 is 0 Å². The molecule has 0 N–H and O–H groups in total. The maximum atomic E-state index is 10.4. The maximum absolute atomic E-state index is 10.4. The number of unbranched alkanes of at least 4 members (excludes halogenated alkanes) is 1. The van der Waals surface area contributed by atoms with Crippen LogP contribution < -0.4 is 0 Å². The number of ether oxygens (including phenoxy) is 2. The molecule has 1 unspecified atom stereocenters. The molecule has 0 aromatic rings. The van der Waals surface area contributed by atoms with Gasteiger partial charge < -0.3 is 9.47 Å². The zero-order valence-corrected chi connectivity index (χ0v) is 9.31. The highest BCUT2D eigenvalue weighted by Gasteiger charge is 2.14. The number of carbonyl (C=O) groups excluding carboxylic acids is 2. The summed E-state index contributed by atoms with van der Waals surface area (Å²) in [5.74, 6) is 0. The van der Waals surface area contributed by atoms with E-state index in [-0.39, 0.29) is 6.61 Å². The zero-order chi connectivity index (χ0) is 11.0. The van der Waals surface area contributed by atoms with Gasteiger partial charge in [0.2, 0.25) is 0 Å². The summed E-state index contributed by atoms with van der Waals surface area (Å²) in [4.78, 5) is 20.7. The van der Waals surface area contributed by atoms with Crippen LogP contribution in [0.15, 0.2) is 0 Å². The number of hydrogen-bond donors (Lipinski definition) is 0. The summed E-state index contributed by atoms with van der Waals surface area (Å²) in [7, 11) is 0. The standard InChI is InChI=1S/C8H12Cl2O4/c1-2-3-4-6(14-8(10)12)5-13-7(9)11/h6H,2-5H2,1H3. The molecule has 1 atom stereocenters. The second kappa shape index (κ2) is 7.88. The largest absolute Gasteiger partial charge is 0.450 e. The van der Waals surface area contributed by atoms with E-state index in [1.807, 2.05) is 6.92 Å². The third kappa shape index (κ3) is 8.13. The highest BCUT2D eigenvalue weighted by Crippen LogP contribution is 2.08. The van der Waals surface area contributed by atoms with Gasteiger partial charge in [0, 0.05) is 23.2 Å². The van der Waals surface area contributed by atoms with Gasteiger partial charge in [-0.2, -0.15) is 0 Å². The van der Waals surface area contributed by atoms with Crippen LogP contribution in [0.2, 0.25) is 0 Å². The molecular formula is C8H12Cl2O4. The van der Waals surface area contributed by atoms with Gasteiger partial charge in [0.05, 0.1) is 0 Å². The van der Waals surface area contributed by atoms with Gasteiger partial charge in [0.25, 0.3) is 0 Å². The Morgan fingerprint density at radius 3 is 2.36 bits per heavy atom. The fraction of sp³-hybridized carbons (Fsp3) is 0.750. The van der Waals surface area contributed by atoms with Crippen LogP contribution in [0.1, 0.15) is 26.2 Å². The topological polar surface area (TPSA) is 52.6 Å². The molecule has 0 fully saturated rings. The minimum absolute atomic E-state index is 0.0548. The summed E-state index contributed by atoms with van der Waals surface area (Å²) in [6.07, 6.45) is 1.89. The van der Waals surface area contributed by atoms with Crippen molar-refractivity contribution in [1.82, 2.24) is 0 Å². The van der Waals surface area contributed by atoms with Gasteiger partial charge in [-0.25, -0.2) is 9.59 Å². The van der Waals surface area contributed by atoms with E-state index in [0.717, 1.165) is 12.8 Å². The molecule has 0 saturated heterocycles. The predicted octanol–water partition coefficient (Wildman–Crippen LogP) is 3.30. The van der Waals surface area contributed by atoms with E-state index in [9.17, 15) is 9.59 Å². The van der Waals surface area contributed by atoms with Crippen LogP contribution in [-0.2, 0) is 9.47 Å². The molecule has 0 spiro atoms. The fourth-order valence-electron chi connectivity index (χ4n) is 0.898. The van der Waals surface area contributed by atoms with Crippen molar-refractivity contribution in [2.24, 2.45) is 0 Å². The van der Waals surface area contributed by atoms with Crippen LogP contribution in [-0.4, -0.2) is 23.6 Å². The van der Waals surface area contributed by atoms with E-state index in [1.165, 1.54) is 0 Å². The lowest BCUT2D eigenvalue weighted by atomic mass is 10.2. The maximum Gasteiger partial charge on any atom is 0.404 e. The quantitative estimate of drug-likeness (QED) is 0.671. The average molecular weight is 243 g/mol. The zero-order valence-electron chi connectivity index (χ0n) is 7.79. The fourth-order valence-corrected chi connectivity index (χ4v) is 1.09. The molecular weight excluding hydrogens is 231 g/mol. The number of rotatable bonds is 6. The molecule has 0 amide bonds. The summed E-state index contributed by atoms with van der Waals surface area (Å²) < 4.78 is 9.19. The predicted molar refractivity (Wildman–Crippen MR) is 52.8 cm³/mol. The Morgan fingerprint density at radius 1 is 1.29 bits per heavy atom. The first-order valence-electron chi connectivity index (χ1n) is 4.24. The number of hydrogen-bond acceptors (Lipinski definition) is 4. The van der Waals surface area contributed by atoms with Crippen molar-refractivity contribution in [3.8, 4) is 0 Å². The van der Waals surface area contributed by atoms with Crippen molar-refractivity contribution in [2.45, 2.75) is 32.3 Å². The molecule has 0 heterocycles. The molecule has 0 aromatic heterocycles. The summed E-state index contributed by atoms with van der Waals surface area (Å²) in [6, 6.07) is 0. The summed E-state index contributed by atoms with van der Waals surface area (Å²) in [5, 5.41) is 0. The number of halogens is 2. The molecule has 6 heteroatoms. The summed E-state index contributed by atoms with van der Waals surface area (Å²) >= 11 is 9.99. The lowest BCUT2D eigenvalue weighted by Crippen LogP contribution is -2.21.